The Morgan fingerprint density at radius 1 is 0.606 bits per heavy atom. The molecule has 0 radical (unpaired) electrons. The first-order chi connectivity index (χ1) is 34.2. The van der Waals surface area contributed by atoms with Crippen molar-refractivity contribution < 1.29 is 62.3 Å². The standard InChI is InChI=1S/C14H17NO4.C12H11NO3.C10H7NO3.C10H16O5.C6H6N/c1-3-18-13(16)12(14(17)19-4-2)10-15-11-8-6-5-7-9-11;1-2-16-12(15)9-7-13-10-6-4-3-5-8(10)11(9)14;12-9-6-3-1-2-4-8(6)11-5-7(9)10(13)14;1-4-13-7-8(9(11)14-5-2)10(12)15-6-3;7-6-4-2-1-3-5-6/h5-10,15H,3-4H2,1-2H3;3-7H,2H2,1H3,(H,13,14);1-5H,(H,11,12)(H,13,14);7H,4-6H2,1-3H3;1-2,4-5H,7H2/q;;;;+1. The lowest BCUT2D eigenvalue weighted by atomic mass is 10.1. The van der Waals surface area contributed by atoms with E-state index in [1.165, 1.54) is 18.6 Å². The SMILES string of the molecule is CCOC(=O)C(=CNc1ccccc1)C(=O)OCC.CCOC(=O)c1c[nH]c2ccccc2c1=O.CCOC=C(C(=O)OCC)C(=O)OCC.NC1=CC=C[C+]=C1.O=C(O)c1c[nH]c2ccccc2c1=O. The summed E-state index contributed by atoms with van der Waals surface area (Å²) in [5.74, 6) is -4.67. The number of anilines is 1. The van der Waals surface area contributed by atoms with Crippen LogP contribution in [0, 0.1) is 6.08 Å². The van der Waals surface area contributed by atoms with E-state index in [0.29, 0.717) is 28.4 Å². The zero-order chi connectivity index (χ0) is 52.6. The molecule has 0 amide bonds. The number of hydrogen-bond donors (Lipinski definition) is 5. The lowest BCUT2D eigenvalue weighted by Gasteiger charge is -2.07. The minimum atomic E-state index is -1.21. The molecule has 2 aromatic heterocycles. The summed E-state index contributed by atoms with van der Waals surface area (Å²) in [5.41, 5.74) is 6.88. The molecular weight excluding hydrogens is 921 g/mol. The molecule has 19 heteroatoms. The predicted octanol–water partition coefficient (Wildman–Crippen LogP) is 6.83. The van der Waals surface area contributed by atoms with E-state index in [2.05, 4.69) is 30.8 Å². The van der Waals surface area contributed by atoms with Crippen LogP contribution in [0.15, 0.2) is 154 Å². The molecule has 0 bridgehead atoms. The maximum atomic E-state index is 11.9. The van der Waals surface area contributed by atoms with Gasteiger partial charge in [-0.25, -0.2) is 28.8 Å². The Morgan fingerprint density at radius 2 is 1.06 bits per heavy atom. The van der Waals surface area contributed by atoms with Gasteiger partial charge in [0, 0.05) is 58.2 Å². The summed E-state index contributed by atoms with van der Waals surface area (Å²) < 4.78 is 28.7. The number of aromatic carboxylic acids is 1. The van der Waals surface area contributed by atoms with E-state index in [1.807, 2.05) is 54.6 Å². The summed E-state index contributed by atoms with van der Waals surface area (Å²) >= 11 is 0. The van der Waals surface area contributed by atoms with Gasteiger partial charge in [0.25, 0.3) is 0 Å². The number of H-pyrrole nitrogens is 2. The molecule has 2 heterocycles. The van der Waals surface area contributed by atoms with Gasteiger partial charge in [-0.3, -0.25) is 9.59 Å². The van der Waals surface area contributed by atoms with Gasteiger partial charge in [0.05, 0.1) is 45.7 Å². The number of pyridine rings is 2. The average molecular weight is 978 g/mol. The molecule has 3 aromatic carbocycles. The van der Waals surface area contributed by atoms with Gasteiger partial charge in [0.1, 0.15) is 35.2 Å². The molecule has 0 aliphatic heterocycles. The molecule has 0 spiro atoms. The quantitative estimate of drug-likeness (QED) is 0.0137. The summed E-state index contributed by atoms with van der Waals surface area (Å²) in [5, 5.41) is 12.5. The number of para-hydroxylation sites is 3. The third kappa shape index (κ3) is 20.0. The summed E-state index contributed by atoms with van der Waals surface area (Å²) in [6, 6.07) is 23.0. The highest BCUT2D eigenvalue weighted by molar-refractivity contribution is 6.14. The van der Waals surface area contributed by atoms with Crippen LogP contribution in [0.1, 0.15) is 62.3 Å². The van der Waals surface area contributed by atoms with E-state index < -0.39 is 41.2 Å². The van der Waals surface area contributed by atoms with Gasteiger partial charge >= 0.3 is 35.8 Å². The molecule has 0 saturated carbocycles. The number of nitrogens with two attached hydrogens (primary N) is 1. The average Bonchev–Trinajstić information content (AvgIpc) is 3.36. The second-order valence-corrected chi connectivity index (χ2v) is 13.5. The maximum Gasteiger partial charge on any atom is 0.348 e. The Kier molecular flexibility index (Phi) is 26.6. The molecule has 1 aliphatic carbocycles. The number of carbonyl (C=O) groups excluding carboxylic acids is 5. The number of carboxylic acids is 1. The monoisotopic (exact) mass is 977 g/mol. The fourth-order valence-corrected chi connectivity index (χ4v) is 5.33. The molecule has 374 valence electrons. The second-order valence-electron chi connectivity index (χ2n) is 13.5. The zero-order valence-electron chi connectivity index (χ0n) is 40.1. The Bertz CT molecular complexity index is 2800. The van der Waals surface area contributed by atoms with Gasteiger partial charge in [0.2, 0.25) is 10.9 Å². The highest BCUT2D eigenvalue weighted by Crippen LogP contribution is 2.10. The maximum absolute atomic E-state index is 11.9. The van der Waals surface area contributed by atoms with Gasteiger partial charge in [-0.15, -0.1) is 0 Å². The molecule has 6 rings (SSSR count). The van der Waals surface area contributed by atoms with Gasteiger partial charge in [-0.2, -0.15) is 0 Å². The molecule has 0 saturated heterocycles. The van der Waals surface area contributed by atoms with Crippen molar-refractivity contribution in [3.8, 4) is 0 Å². The summed E-state index contributed by atoms with van der Waals surface area (Å²) in [6.07, 6.45) is 15.0. The number of allylic oxidation sites excluding steroid dienone is 5. The zero-order valence-corrected chi connectivity index (χ0v) is 40.1. The normalized spacial score (nSPS) is 10.3. The van der Waals surface area contributed by atoms with Crippen molar-refractivity contribution in [2.45, 2.75) is 41.5 Å². The van der Waals surface area contributed by atoms with Crippen molar-refractivity contribution in [1.82, 2.24) is 9.97 Å². The van der Waals surface area contributed by atoms with E-state index in [1.54, 1.807) is 90.1 Å². The van der Waals surface area contributed by atoms with Crippen molar-refractivity contribution in [2.75, 3.05) is 45.0 Å². The first kappa shape index (κ1) is 58.0. The number of carbonyl (C=O) groups is 6. The minimum Gasteiger partial charge on any atom is -0.500 e. The number of ether oxygens (including phenoxy) is 6. The number of aromatic nitrogens is 2. The highest BCUT2D eigenvalue weighted by atomic mass is 16.6. The second kappa shape index (κ2) is 32.6. The molecule has 0 fully saturated rings. The summed E-state index contributed by atoms with van der Waals surface area (Å²) in [7, 11) is 0. The van der Waals surface area contributed by atoms with Gasteiger partial charge in [0.15, 0.2) is 11.1 Å². The number of carboxylic acid groups (broad SMARTS) is 1. The van der Waals surface area contributed by atoms with Gasteiger partial charge < -0.3 is 54.5 Å². The molecule has 5 aromatic rings. The number of hydrogen-bond acceptors (Lipinski definition) is 16. The summed E-state index contributed by atoms with van der Waals surface area (Å²) in [4.78, 5) is 97.2. The minimum absolute atomic E-state index is 0.0422. The van der Waals surface area contributed by atoms with Crippen LogP contribution >= 0.6 is 0 Å². The largest absolute Gasteiger partial charge is 0.500 e. The van der Waals surface area contributed by atoms with Crippen molar-refractivity contribution in [2.24, 2.45) is 5.73 Å². The molecule has 6 N–H and O–H groups in total. The molecule has 1 aliphatic rings. The van der Waals surface area contributed by atoms with Crippen LogP contribution in [0.3, 0.4) is 0 Å². The Balaban J connectivity index is 0.000000311. The number of nitrogens with one attached hydrogen (secondary N) is 3. The smallest absolute Gasteiger partial charge is 0.348 e. The van der Waals surface area contributed by atoms with Crippen LogP contribution in [0.4, 0.5) is 5.69 Å². The predicted molar refractivity (Wildman–Crippen MR) is 266 cm³/mol. The van der Waals surface area contributed by atoms with E-state index in [4.69, 9.17) is 29.8 Å². The lowest BCUT2D eigenvalue weighted by molar-refractivity contribution is -0.148. The fraction of sp³-hybridized carbons (Fsp3) is 0.231. The van der Waals surface area contributed by atoms with E-state index in [-0.39, 0.29) is 60.7 Å². The molecule has 19 nitrogen and oxygen atoms in total. The molecule has 71 heavy (non-hydrogen) atoms. The molecular formula is C52H57N4O15+. The molecule has 0 atom stereocenters. The van der Waals surface area contributed by atoms with E-state index >= 15 is 0 Å². The van der Waals surface area contributed by atoms with Crippen molar-refractivity contribution in [3.63, 3.8) is 0 Å². The van der Waals surface area contributed by atoms with Gasteiger partial charge in [-0.05, 0) is 77.9 Å². The van der Waals surface area contributed by atoms with Crippen LogP contribution in [0.25, 0.3) is 21.8 Å². The highest BCUT2D eigenvalue weighted by Gasteiger charge is 2.22. The number of aromatic amines is 2. The van der Waals surface area contributed by atoms with Crippen molar-refractivity contribution >= 4 is 63.3 Å². The van der Waals surface area contributed by atoms with Crippen molar-refractivity contribution in [3.05, 3.63) is 183 Å². The van der Waals surface area contributed by atoms with E-state index in [0.717, 1.165) is 17.6 Å². The third-order valence-electron chi connectivity index (χ3n) is 8.54. The van der Waals surface area contributed by atoms with Crippen LogP contribution in [0.2, 0.25) is 0 Å². The Labute approximate surface area is 409 Å². The first-order valence-electron chi connectivity index (χ1n) is 22.0. The number of esters is 5. The number of benzene rings is 3. The fourth-order valence-electron chi connectivity index (χ4n) is 5.33. The number of rotatable bonds is 15. The molecule has 0 unspecified atom stereocenters. The summed E-state index contributed by atoms with van der Waals surface area (Å²) in [6.45, 7) is 11.5. The van der Waals surface area contributed by atoms with Crippen LogP contribution in [-0.4, -0.2) is 90.5 Å². The van der Waals surface area contributed by atoms with Crippen molar-refractivity contribution in [1.29, 1.82) is 0 Å². The topological polar surface area (TPSA) is 282 Å². The number of fused-ring (bicyclic) bond motifs is 2. The Morgan fingerprint density at radius 3 is 1.48 bits per heavy atom. The Hall–Kier alpha value is -9.09. The first-order valence-corrected chi connectivity index (χ1v) is 22.0. The van der Waals surface area contributed by atoms with Crippen LogP contribution < -0.4 is 21.9 Å². The van der Waals surface area contributed by atoms with E-state index in [9.17, 15) is 38.4 Å². The lowest BCUT2D eigenvalue weighted by Crippen LogP contribution is -2.19. The van der Waals surface area contributed by atoms with Crippen LogP contribution in [-0.2, 0) is 47.6 Å². The van der Waals surface area contributed by atoms with Crippen LogP contribution in [0.5, 0.6) is 0 Å². The third-order valence-corrected chi connectivity index (χ3v) is 8.54. The van der Waals surface area contributed by atoms with Gasteiger partial charge in [-0.1, -0.05) is 42.5 Å².